The topological polar surface area (TPSA) is 30.5 Å². The highest BCUT2D eigenvalue weighted by Crippen LogP contribution is 2.29. The van der Waals surface area contributed by atoms with Gasteiger partial charge in [0.15, 0.2) is 0 Å². The highest BCUT2D eigenvalue weighted by Gasteiger charge is 2.22. The van der Waals surface area contributed by atoms with Crippen molar-refractivity contribution in [2.24, 2.45) is 0 Å². The van der Waals surface area contributed by atoms with Gasteiger partial charge in [-0.3, -0.25) is 0 Å². The number of hydrogen-bond donors (Lipinski definition) is 1. The average Bonchev–Trinajstić information content (AvgIpc) is 2.90. The quantitative estimate of drug-likeness (QED) is 0.368. The molecule has 0 aromatic heterocycles. The second-order valence-electron chi connectivity index (χ2n) is 8.98. The molecule has 0 spiro atoms. The SMILES string of the molecule is C=C/C(=C(C)\C=C/C)c1ccc(C2=CNC(OC3CCC3)C=C2)cc1C.CC.COCc1ccccc1. The van der Waals surface area contributed by atoms with E-state index in [0.717, 1.165) is 0 Å². The van der Waals surface area contributed by atoms with Crippen molar-refractivity contribution in [1.82, 2.24) is 5.32 Å². The number of aryl methyl sites for hydroxylation is 1. The number of methoxy groups -OCH3 is 1. The number of nitrogens with one attached hydrogen (secondary N) is 1. The molecule has 1 saturated carbocycles. The van der Waals surface area contributed by atoms with Crippen molar-refractivity contribution in [2.75, 3.05) is 7.11 Å². The molecule has 3 heteroatoms. The summed E-state index contributed by atoms with van der Waals surface area (Å²) in [6, 6.07) is 16.7. The van der Waals surface area contributed by atoms with Gasteiger partial charge in [0.25, 0.3) is 0 Å². The molecule has 2 aliphatic rings. The third kappa shape index (κ3) is 9.35. The van der Waals surface area contributed by atoms with Gasteiger partial charge in [-0.2, -0.15) is 0 Å². The minimum absolute atomic E-state index is 0.00297. The van der Waals surface area contributed by atoms with Crippen LogP contribution >= 0.6 is 0 Å². The monoisotopic (exact) mass is 499 g/mol. The first-order valence-electron chi connectivity index (χ1n) is 13.5. The normalized spacial score (nSPS) is 17.2. The molecule has 1 N–H and O–H groups in total. The Morgan fingerprint density at radius 1 is 1.11 bits per heavy atom. The first kappa shape index (κ1) is 30.1. The van der Waals surface area contributed by atoms with Crippen LogP contribution in [0, 0.1) is 6.92 Å². The summed E-state index contributed by atoms with van der Waals surface area (Å²) in [6.45, 7) is 15.0. The molecule has 1 unspecified atom stereocenters. The fraction of sp³-hybridized carbons (Fsp3) is 0.353. The van der Waals surface area contributed by atoms with E-state index in [9.17, 15) is 0 Å². The third-order valence-corrected chi connectivity index (χ3v) is 6.29. The van der Waals surface area contributed by atoms with Crippen molar-refractivity contribution in [3.8, 4) is 0 Å². The van der Waals surface area contributed by atoms with E-state index in [1.54, 1.807) is 7.11 Å². The Labute approximate surface area is 225 Å². The summed E-state index contributed by atoms with van der Waals surface area (Å²) in [5.41, 5.74) is 8.52. The molecular weight excluding hydrogens is 454 g/mol. The van der Waals surface area contributed by atoms with Crippen LogP contribution in [0.2, 0.25) is 0 Å². The van der Waals surface area contributed by atoms with E-state index in [-0.39, 0.29) is 6.23 Å². The lowest BCUT2D eigenvalue weighted by Gasteiger charge is -2.30. The molecule has 0 amide bonds. The van der Waals surface area contributed by atoms with Gasteiger partial charge in [-0.15, -0.1) is 0 Å². The minimum atomic E-state index is 0.00297. The third-order valence-electron chi connectivity index (χ3n) is 6.29. The molecule has 1 aliphatic carbocycles. The molecule has 0 saturated heterocycles. The van der Waals surface area contributed by atoms with Crippen molar-refractivity contribution in [2.45, 2.75) is 72.8 Å². The van der Waals surface area contributed by atoms with Crippen LogP contribution in [0.15, 0.2) is 97.3 Å². The van der Waals surface area contributed by atoms with Crippen LogP contribution in [-0.4, -0.2) is 19.4 Å². The largest absolute Gasteiger partial charge is 0.380 e. The van der Waals surface area contributed by atoms with Gasteiger partial charge in [-0.05, 0) is 85.1 Å². The molecule has 3 nitrogen and oxygen atoms in total. The number of rotatable bonds is 8. The second-order valence-corrected chi connectivity index (χ2v) is 8.98. The number of ether oxygens (including phenoxy) is 2. The van der Waals surface area contributed by atoms with Gasteiger partial charge in [0, 0.05) is 13.3 Å². The van der Waals surface area contributed by atoms with E-state index in [0.29, 0.717) is 12.7 Å². The molecule has 4 rings (SSSR count). The Kier molecular flexibility index (Phi) is 13.5. The van der Waals surface area contributed by atoms with Crippen LogP contribution in [0.1, 0.15) is 69.2 Å². The fourth-order valence-electron chi connectivity index (χ4n) is 4.15. The van der Waals surface area contributed by atoms with Crippen LogP contribution in [0.5, 0.6) is 0 Å². The van der Waals surface area contributed by atoms with E-state index in [2.05, 4.69) is 74.4 Å². The Morgan fingerprint density at radius 2 is 1.84 bits per heavy atom. The van der Waals surface area contributed by atoms with Crippen molar-refractivity contribution >= 4 is 11.1 Å². The van der Waals surface area contributed by atoms with E-state index < -0.39 is 0 Å². The maximum Gasteiger partial charge on any atom is 0.147 e. The standard InChI is InChI=1S/C24H29NO.C8H10O.C2H6/c1-5-8-17(3)22(6-2)23-13-11-19(15-18(23)4)20-12-14-24(25-16-20)26-21-9-7-10-21;1-9-7-8-5-3-2-4-6-8;1-2/h5-6,8,11-16,21,24-25H,2,7,9-10H2,1,3-4H3;2-6H,7H2,1H3;1-2H3/b8-5-,22-17+;;. The fourth-order valence-corrected chi connectivity index (χ4v) is 4.15. The summed E-state index contributed by atoms with van der Waals surface area (Å²) >= 11 is 0. The first-order valence-corrected chi connectivity index (χ1v) is 13.5. The van der Waals surface area contributed by atoms with Gasteiger partial charge in [-0.25, -0.2) is 0 Å². The average molecular weight is 500 g/mol. The number of hydrogen-bond acceptors (Lipinski definition) is 3. The van der Waals surface area contributed by atoms with Gasteiger partial charge in [0.2, 0.25) is 0 Å². The van der Waals surface area contributed by atoms with Gasteiger partial charge in [0.1, 0.15) is 6.23 Å². The minimum Gasteiger partial charge on any atom is -0.380 e. The summed E-state index contributed by atoms with van der Waals surface area (Å²) in [5.74, 6) is 0. The van der Waals surface area contributed by atoms with Gasteiger partial charge < -0.3 is 14.8 Å². The van der Waals surface area contributed by atoms with Gasteiger partial charge in [-0.1, -0.05) is 93.3 Å². The Hall–Kier alpha value is -3.14. The zero-order valence-electron chi connectivity index (χ0n) is 23.6. The van der Waals surface area contributed by atoms with E-state index in [4.69, 9.17) is 9.47 Å². The molecule has 0 radical (unpaired) electrons. The van der Waals surface area contributed by atoms with Gasteiger partial charge >= 0.3 is 0 Å². The summed E-state index contributed by atoms with van der Waals surface area (Å²) in [4.78, 5) is 0. The number of allylic oxidation sites excluding steroid dienone is 7. The molecule has 1 heterocycles. The van der Waals surface area contributed by atoms with E-state index in [1.807, 2.05) is 57.2 Å². The molecule has 198 valence electrons. The van der Waals surface area contributed by atoms with Crippen LogP contribution in [0.4, 0.5) is 0 Å². The maximum atomic E-state index is 5.98. The summed E-state index contributed by atoms with van der Waals surface area (Å²) in [7, 11) is 1.70. The zero-order valence-corrected chi connectivity index (χ0v) is 23.6. The molecule has 1 aliphatic heterocycles. The molecule has 2 aromatic carbocycles. The smallest absolute Gasteiger partial charge is 0.147 e. The lowest BCUT2D eigenvalue weighted by molar-refractivity contribution is -0.0387. The Balaban J connectivity index is 0.000000367. The predicted octanol–water partition coefficient (Wildman–Crippen LogP) is 8.79. The van der Waals surface area contributed by atoms with Crippen molar-refractivity contribution in [3.05, 3.63) is 120 Å². The highest BCUT2D eigenvalue weighted by molar-refractivity contribution is 5.82. The Morgan fingerprint density at radius 3 is 2.35 bits per heavy atom. The molecule has 37 heavy (non-hydrogen) atoms. The molecule has 1 fully saturated rings. The van der Waals surface area contributed by atoms with Crippen LogP contribution in [0.3, 0.4) is 0 Å². The van der Waals surface area contributed by atoms with Crippen molar-refractivity contribution < 1.29 is 9.47 Å². The van der Waals surface area contributed by atoms with Crippen LogP contribution in [-0.2, 0) is 16.1 Å². The van der Waals surface area contributed by atoms with E-state index >= 15 is 0 Å². The van der Waals surface area contributed by atoms with Gasteiger partial charge in [0.05, 0.1) is 12.7 Å². The molecular formula is C34H45NO2. The van der Waals surface area contributed by atoms with E-state index in [1.165, 1.54) is 58.2 Å². The number of benzene rings is 2. The summed E-state index contributed by atoms with van der Waals surface area (Å²) in [6.07, 6.45) is 16.6. The lowest BCUT2D eigenvalue weighted by Crippen LogP contribution is -2.35. The van der Waals surface area contributed by atoms with Crippen molar-refractivity contribution in [1.29, 1.82) is 0 Å². The lowest BCUT2D eigenvalue weighted by atomic mass is 9.92. The maximum absolute atomic E-state index is 5.98. The Bertz CT molecular complexity index is 1090. The summed E-state index contributed by atoms with van der Waals surface area (Å²) < 4.78 is 10.9. The summed E-state index contributed by atoms with van der Waals surface area (Å²) in [5, 5.41) is 3.36. The zero-order chi connectivity index (χ0) is 27.0. The molecule has 2 aromatic rings. The second kappa shape index (κ2) is 16.6. The van der Waals surface area contributed by atoms with Crippen LogP contribution in [0.25, 0.3) is 11.1 Å². The first-order chi connectivity index (χ1) is 18.0. The highest BCUT2D eigenvalue weighted by atomic mass is 16.5. The van der Waals surface area contributed by atoms with Crippen molar-refractivity contribution in [3.63, 3.8) is 0 Å². The molecule has 1 atom stereocenters. The number of dihydropyridines is 1. The predicted molar refractivity (Wildman–Crippen MR) is 160 cm³/mol. The van der Waals surface area contributed by atoms with Crippen LogP contribution < -0.4 is 5.32 Å². The molecule has 0 bridgehead atoms.